The van der Waals surface area contributed by atoms with Crippen LogP contribution >= 0.6 is 0 Å². The van der Waals surface area contributed by atoms with Gasteiger partial charge in [0.2, 0.25) is 5.79 Å². The van der Waals surface area contributed by atoms with Crippen molar-refractivity contribution in [1.82, 2.24) is 0 Å². The lowest BCUT2D eigenvalue weighted by molar-refractivity contribution is -0.423. The summed E-state index contributed by atoms with van der Waals surface area (Å²) < 4.78 is 88.4. The predicted octanol–water partition coefficient (Wildman–Crippen LogP) is -5.53. The van der Waals surface area contributed by atoms with Crippen LogP contribution in [0.4, 0.5) is 0 Å². The van der Waals surface area contributed by atoms with Crippen LogP contribution in [0.3, 0.4) is 0 Å². The van der Waals surface area contributed by atoms with E-state index in [9.17, 15) is 95.8 Å². The van der Waals surface area contributed by atoms with Crippen LogP contribution in [0.15, 0.2) is 78.9 Å². The van der Waals surface area contributed by atoms with Gasteiger partial charge in [-0.15, -0.1) is 0 Å². The minimum atomic E-state index is -3.01. The number of benzene rings is 3. The summed E-state index contributed by atoms with van der Waals surface area (Å²) in [5, 5.41) is 164. The molecule has 0 spiro atoms. The number of phenolic OH excluding ortho intramolecular Hbond substituents is 2. The second-order valence-corrected chi connectivity index (χ2v) is 21.7. The number of carbonyl (C=O) groups is 4. The fourth-order valence-electron chi connectivity index (χ4n) is 10.6. The molecule has 0 amide bonds. The molecule has 0 radical (unpaired) electrons. The molecule has 0 aromatic heterocycles. The highest BCUT2D eigenvalue weighted by atomic mass is 16.8. The van der Waals surface area contributed by atoms with Crippen molar-refractivity contribution >= 4 is 36.0 Å². The molecule has 8 rings (SSSR count). The van der Waals surface area contributed by atoms with Crippen molar-refractivity contribution in [1.29, 1.82) is 0 Å². The van der Waals surface area contributed by atoms with Crippen LogP contribution in [0.1, 0.15) is 28.4 Å². The van der Waals surface area contributed by atoms with E-state index >= 15 is 0 Å². The van der Waals surface area contributed by atoms with Gasteiger partial charge < -0.3 is 148 Å². The van der Waals surface area contributed by atoms with Crippen molar-refractivity contribution in [3.8, 4) is 23.0 Å². The van der Waals surface area contributed by atoms with E-state index in [1.54, 1.807) is 6.07 Å². The summed E-state index contributed by atoms with van der Waals surface area (Å²) in [4.78, 5) is 55.1. The van der Waals surface area contributed by atoms with Crippen molar-refractivity contribution < 1.29 is 167 Å². The van der Waals surface area contributed by atoms with Crippen molar-refractivity contribution in [2.75, 3.05) is 53.9 Å². The Morgan fingerprint density at radius 3 is 1.49 bits per heavy atom. The number of hydrogen-bond acceptors (Lipinski definition) is 34. The summed E-state index contributed by atoms with van der Waals surface area (Å²) in [5.74, 6) is -8.33. The van der Waals surface area contributed by atoms with Gasteiger partial charge in [0.1, 0.15) is 117 Å². The molecule has 93 heavy (non-hydrogen) atoms. The molecule has 3 aromatic rings. The number of carbonyl (C=O) groups excluding carboxylic acids is 4. The fourth-order valence-corrected chi connectivity index (χ4v) is 10.6. The van der Waals surface area contributed by atoms with Gasteiger partial charge >= 0.3 is 23.9 Å². The van der Waals surface area contributed by atoms with Crippen LogP contribution < -0.4 is 9.47 Å². The average Bonchev–Trinajstić information content (AvgIpc) is 1.72. The summed E-state index contributed by atoms with van der Waals surface area (Å²) in [6, 6.07) is 14.9. The number of rotatable bonds is 25. The molecule has 5 saturated heterocycles. The normalized spacial score (nSPS) is 36.3. The van der Waals surface area contributed by atoms with Gasteiger partial charge in [-0.3, -0.25) is 4.79 Å². The molecule has 5 heterocycles. The number of hydrogen-bond donors (Lipinski definition) is 15. The van der Waals surface area contributed by atoms with E-state index in [4.69, 9.17) is 71.1 Å². The molecule has 514 valence electrons. The van der Waals surface area contributed by atoms with Crippen LogP contribution in [0.25, 0.3) is 12.2 Å². The maximum absolute atomic E-state index is 14.3. The number of aliphatic hydroxyl groups excluding tert-OH is 13. The second kappa shape index (κ2) is 32.2. The maximum atomic E-state index is 14.3. The molecular formula is C59H74O34. The van der Waals surface area contributed by atoms with Gasteiger partial charge in [0.15, 0.2) is 60.4 Å². The molecular weight excluding hydrogens is 1250 g/mol. The molecule has 5 aliphatic rings. The van der Waals surface area contributed by atoms with Gasteiger partial charge in [-0.2, -0.15) is 0 Å². The minimum Gasteiger partial charge on any atom is -0.504 e. The van der Waals surface area contributed by atoms with Crippen LogP contribution in [0.2, 0.25) is 0 Å². The summed E-state index contributed by atoms with van der Waals surface area (Å²) >= 11 is 0. The Hall–Kier alpha value is -6.66. The van der Waals surface area contributed by atoms with Crippen LogP contribution in [-0.2, 0) is 76.0 Å². The monoisotopic (exact) mass is 1330 g/mol. The van der Waals surface area contributed by atoms with Crippen molar-refractivity contribution in [2.45, 2.75) is 154 Å². The van der Waals surface area contributed by atoms with Gasteiger partial charge in [-0.25, -0.2) is 14.4 Å². The Morgan fingerprint density at radius 1 is 0.495 bits per heavy atom. The zero-order valence-electron chi connectivity index (χ0n) is 49.6. The van der Waals surface area contributed by atoms with Crippen LogP contribution in [-0.4, -0.2) is 301 Å². The SMILES string of the molecule is COc1cc(/C=C/C(=O)OC[C@@]2(O[C@H]3O[C@H](COC(C)=O)[C@@H](OC(=O)/C=C/c4ccc(O)c(OC)c4)[C@H](O[C@H]4O[C@H](CO)[C@@H](O[C@@H]5O[C@H](CO)[C@@H](O)[C@H](O)[C@H]5O)[C@H](O)[C@H]4O)[C@H]3O[C@@H]3O[C@H](CO)[C@@H](O)[C@H](O)[C@H]3O)O[C@H](CO)[C@@H](O)[C@H]2OC(=O)c2ccccc2)ccc1O. The summed E-state index contributed by atoms with van der Waals surface area (Å²) in [7, 11) is 2.52. The molecule has 34 heteroatoms. The second-order valence-electron chi connectivity index (χ2n) is 21.7. The number of ether oxygens (including phenoxy) is 15. The Bertz CT molecular complexity index is 3020. The number of aromatic hydroxyl groups is 2. The zero-order valence-corrected chi connectivity index (χ0v) is 49.6. The van der Waals surface area contributed by atoms with E-state index in [-0.39, 0.29) is 39.7 Å². The first kappa shape index (κ1) is 72.2. The average molecular weight is 1330 g/mol. The van der Waals surface area contributed by atoms with Crippen molar-refractivity contribution in [3.63, 3.8) is 0 Å². The lowest BCUT2D eigenvalue weighted by Crippen LogP contribution is -2.69. The van der Waals surface area contributed by atoms with E-state index in [0.717, 1.165) is 19.1 Å². The van der Waals surface area contributed by atoms with Gasteiger partial charge in [-0.1, -0.05) is 30.3 Å². The summed E-state index contributed by atoms with van der Waals surface area (Å²) in [6.45, 7) is -5.62. The van der Waals surface area contributed by atoms with Crippen LogP contribution in [0, 0.1) is 0 Å². The fraction of sp³-hybridized carbons (Fsp3) is 0.559. The molecule has 0 aliphatic carbocycles. The number of phenols is 2. The largest absolute Gasteiger partial charge is 0.504 e. The Labute approximate surface area is 527 Å². The van der Waals surface area contributed by atoms with Crippen molar-refractivity contribution in [3.05, 3.63) is 95.6 Å². The lowest BCUT2D eigenvalue weighted by Gasteiger charge is -2.51. The molecule has 0 bridgehead atoms. The van der Waals surface area contributed by atoms with Gasteiger partial charge in [0.05, 0.1) is 46.2 Å². The third-order valence-corrected chi connectivity index (χ3v) is 15.5. The molecule has 24 atom stereocenters. The van der Waals surface area contributed by atoms with E-state index in [2.05, 4.69) is 0 Å². The quantitative estimate of drug-likeness (QED) is 0.0214. The Balaban J connectivity index is 1.27. The van der Waals surface area contributed by atoms with E-state index in [1.807, 2.05) is 0 Å². The molecule has 5 fully saturated rings. The van der Waals surface area contributed by atoms with Crippen LogP contribution in [0.5, 0.6) is 23.0 Å². The first-order valence-electron chi connectivity index (χ1n) is 28.8. The third kappa shape index (κ3) is 16.7. The highest BCUT2D eigenvalue weighted by Crippen LogP contribution is 2.43. The summed E-state index contributed by atoms with van der Waals surface area (Å²) in [6.07, 6.45) is -45.1. The number of methoxy groups -OCH3 is 2. The Morgan fingerprint density at radius 2 is 0.978 bits per heavy atom. The lowest BCUT2D eigenvalue weighted by atomic mass is 9.95. The maximum Gasteiger partial charge on any atom is 0.338 e. The number of esters is 4. The molecule has 0 unspecified atom stereocenters. The molecule has 3 aromatic carbocycles. The van der Waals surface area contributed by atoms with Crippen molar-refractivity contribution in [2.24, 2.45) is 0 Å². The molecule has 15 N–H and O–H groups in total. The van der Waals surface area contributed by atoms with Gasteiger partial charge in [0.25, 0.3) is 0 Å². The molecule has 5 aliphatic heterocycles. The third-order valence-electron chi connectivity index (χ3n) is 15.5. The van der Waals surface area contributed by atoms with Gasteiger partial charge in [0, 0.05) is 19.1 Å². The Kier molecular flexibility index (Phi) is 25.0. The number of aliphatic hydroxyl groups is 13. The highest BCUT2D eigenvalue weighted by Gasteiger charge is 2.64. The first-order valence-corrected chi connectivity index (χ1v) is 28.8. The van der Waals surface area contributed by atoms with Gasteiger partial charge in [-0.05, 0) is 59.7 Å². The minimum absolute atomic E-state index is 0.00850. The standard InChI is InChI=1S/C59H74O34/c1-25(64)81-23-37-50(87-39(68)16-12-27-10-14-30(66)32(18-27)80-3)51(89-57-48(77)45(74)49(36(22-63)85-57)88-55-46(75)43(72)40(69)33(19-60)83-55)52(90-56-47(76)44(73)41(70)34(20-61)84-56)58(86-37)93-59(24-82-38(67)15-11-26-9-13-29(65)31(17-26)79-2)53(42(71)35(21-62)92-59)91-54(78)28-7-5-4-6-8-28/h4-18,33-37,40-53,55-58,60-63,65-66,69-77H,19-24H2,1-3H3/b15-11+,16-12+/t33-,34-,35-,36-,37-,40-,41-,42-,43+,44+,45-,46-,47-,48-,49-,50-,51+,52-,53-,55+,56+,57-,58-,59+/m1/s1. The van der Waals surface area contributed by atoms with E-state index in [1.165, 1.54) is 87.0 Å². The topological polar surface area (TPSA) is 510 Å². The van der Waals surface area contributed by atoms with E-state index < -0.39 is 210 Å². The summed E-state index contributed by atoms with van der Waals surface area (Å²) in [5.41, 5.74) is 0.342. The molecule has 34 nitrogen and oxygen atoms in total. The zero-order chi connectivity index (χ0) is 67.6. The highest BCUT2D eigenvalue weighted by molar-refractivity contribution is 5.90. The smallest absolute Gasteiger partial charge is 0.338 e. The first-order chi connectivity index (χ1) is 44.4. The van der Waals surface area contributed by atoms with E-state index in [0.29, 0.717) is 0 Å². The predicted molar refractivity (Wildman–Crippen MR) is 301 cm³/mol. The molecule has 0 saturated carbocycles.